The minimum atomic E-state index is 0.169. The van der Waals surface area contributed by atoms with Crippen LogP contribution < -0.4 is 5.32 Å². The summed E-state index contributed by atoms with van der Waals surface area (Å²) < 4.78 is 0. The van der Waals surface area contributed by atoms with E-state index in [1.54, 1.807) is 0 Å². The Hall–Kier alpha value is -1.56. The predicted molar refractivity (Wildman–Crippen MR) is 83.5 cm³/mol. The molecule has 0 unspecified atom stereocenters. The lowest BCUT2D eigenvalue weighted by molar-refractivity contribution is 0.494. The summed E-state index contributed by atoms with van der Waals surface area (Å²) in [7, 11) is 0. The predicted octanol–water partition coefficient (Wildman–Crippen LogP) is 3.67. The van der Waals surface area contributed by atoms with E-state index in [4.69, 9.17) is 0 Å². The molecule has 0 bridgehead atoms. The van der Waals surface area contributed by atoms with Gasteiger partial charge >= 0.3 is 0 Å². The van der Waals surface area contributed by atoms with Crippen molar-refractivity contribution in [1.29, 1.82) is 0 Å². The standard InChI is InChI=1S/C17H19NS/c1-17(2,16-11-7-13-19-16)14-18-12-6-10-15-8-4-3-5-9-15/h3-5,7-9,11,13,18H,12,14H2,1-2H3. The van der Waals surface area contributed by atoms with Crippen LogP contribution in [0.3, 0.4) is 0 Å². The monoisotopic (exact) mass is 269 g/mol. The second kappa shape index (κ2) is 6.56. The van der Waals surface area contributed by atoms with Gasteiger partial charge in [-0.2, -0.15) is 0 Å². The number of hydrogen-bond acceptors (Lipinski definition) is 2. The van der Waals surface area contributed by atoms with Crippen LogP contribution in [0.25, 0.3) is 0 Å². The third-order valence-electron chi connectivity index (χ3n) is 2.98. The summed E-state index contributed by atoms with van der Waals surface area (Å²) in [6.45, 7) is 6.19. The molecule has 2 rings (SSSR count). The van der Waals surface area contributed by atoms with Crippen molar-refractivity contribution in [3.8, 4) is 11.8 Å². The van der Waals surface area contributed by atoms with E-state index in [1.165, 1.54) is 4.88 Å². The van der Waals surface area contributed by atoms with Gasteiger partial charge in [-0.1, -0.05) is 50.0 Å². The average Bonchev–Trinajstić information content (AvgIpc) is 2.94. The van der Waals surface area contributed by atoms with Gasteiger partial charge in [0.05, 0.1) is 6.54 Å². The van der Waals surface area contributed by atoms with E-state index in [-0.39, 0.29) is 5.41 Å². The van der Waals surface area contributed by atoms with E-state index in [0.29, 0.717) is 0 Å². The third-order valence-corrected chi connectivity index (χ3v) is 4.21. The fourth-order valence-corrected chi connectivity index (χ4v) is 2.71. The van der Waals surface area contributed by atoms with Crippen LogP contribution in [0.15, 0.2) is 47.8 Å². The highest BCUT2D eigenvalue weighted by Gasteiger charge is 2.20. The molecule has 0 saturated heterocycles. The first-order valence-corrected chi connectivity index (χ1v) is 7.35. The molecule has 0 spiro atoms. The Bertz CT molecular complexity index is 544. The molecule has 1 nitrogen and oxygen atoms in total. The van der Waals surface area contributed by atoms with Gasteiger partial charge in [0.15, 0.2) is 0 Å². The van der Waals surface area contributed by atoms with Crippen LogP contribution in [-0.2, 0) is 5.41 Å². The van der Waals surface area contributed by atoms with Gasteiger partial charge < -0.3 is 5.32 Å². The fraction of sp³-hybridized carbons (Fsp3) is 0.294. The summed E-state index contributed by atoms with van der Waals surface area (Å²) in [5, 5.41) is 5.55. The highest BCUT2D eigenvalue weighted by Crippen LogP contribution is 2.26. The van der Waals surface area contributed by atoms with Gasteiger partial charge in [0.2, 0.25) is 0 Å². The molecule has 0 fully saturated rings. The number of hydrogen-bond donors (Lipinski definition) is 1. The maximum absolute atomic E-state index is 3.42. The number of benzene rings is 1. The van der Waals surface area contributed by atoms with Crippen molar-refractivity contribution in [2.75, 3.05) is 13.1 Å². The van der Waals surface area contributed by atoms with Crippen molar-refractivity contribution in [3.63, 3.8) is 0 Å². The molecular weight excluding hydrogens is 250 g/mol. The van der Waals surface area contributed by atoms with Crippen LogP contribution in [0, 0.1) is 11.8 Å². The Kier molecular flexibility index (Phi) is 4.79. The summed E-state index contributed by atoms with van der Waals surface area (Å²) in [5.74, 6) is 6.32. The summed E-state index contributed by atoms with van der Waals surface area (Å²) in [4.78, 5) is 1.41. The van der Waals surface area contributed by atoms with Gasteiger partial charge in [-0.3, -0.25) is 0 Å². The lowest BCUT2D eigenvalue weighted by Gasteiger charge is -2.23. The number of rotatable bonds is 4. The summed E-state index contributed by atoms with van der Waals surface area (Å²) >= 11 is 1.81. The summed E-state index contributed by atoms with van der Waals surface area (Å²) in [6.07, 6.45) is 0. The first kappa shape index (κ1) is 13.9. The third kappa shape index (κ3) is 4.24. The molecule has 0 aliphatic rings. The molecule has 98 valence electrons. The van der Waals surface area contributed by atoms with E-state index >= 15 is 0 Å². The zero-order valence-corrected chi connectivity index (χ0v) is 12.3. The first-order valence-electron chi connectivity index (χ1n) is 6.47. The Morgan fingerprint density at radius 2 is 1.89 bits per heavy atom. The smallest absolute Gasteiger partial charge is 0.0580 e. The Morgan fingerprint density at radius 1 is 1.11 bits per heavy atom. The SMILES string of the molecule is CC(C)(CNCC#Cc1ccccc1)c1cccs1. The highest BCUT2D eigenvalue weighted by molar-refractivity contribution is 7.10. The minimum Gasteiger partial charge on any atom is -0.305 e. The van der Waals surface area contributed by atoms with Gasteiger partial charge in [0, 0.05) is 22.4 Å². The normalized spacial score (nSPS) is 10.8. The highest BCUT2D eigenvalue weighted by atomic mass is 32.1. The van der Waals surface area contributed by atoms with Crippen molar-refractivity contribution in [1.82, 2.24) is 5.32 Å². The molecule has 0 radical (unpaired) electrons. The molecule has 0 atom stereocenters. The molecule has 1 heterocycles. The fourth-order valence-electron chi connectivity index (χ4n) is 1.86. The number of nitrogens with one attached hydrogen (secondary N) is 1. The Balaban J connectivity index is 1.80. The Labute approximate surface area is 119 Å². The largest absolute Gasteiger partial charge is 0.305 e. The molecule has 2 heteroatoms. The molecule has 1 aromatic heterocycles. The molecule has 1 aromatic carbocycles. The van der Waals surface area contributed by atoms with Gasteiger partial charge in [-0.05, 0) is 23.6 Å². The maximum atomic E-state index is 3.42. The van der Waals surface area contributed by atoms with Crippen molar-refractivity contribution in [2.24, 2.45) is 0 Å². The second-order valence-electron chi connectivity index (χ2n) is 5.13. The van der Waals surface area contributed by atoms with Crippen molar-refractivity contribution >= 4 is 11.3 Å². The van der Waals surface area contributed by atoms with Crippen LogP contribution >= 0.6 is 11.3 Å². The topological polar surface area (TPSA) is 12.0 Å². The van der Waals surface area contributed by atoms with Crippen LogP contribution in [0.5, 0.6) is 0 Å². The zero-order chi connectivity index (χ0) is 13.6. The molecule has 0 saturated carbocycles. The average molecular weight is 269 g/mol. The lowest BCUT2D eigenvalue weighted by Crippen LogP contribution is -2.32. The van der Waals surface area contributed by atoms with Gasteiger partial charge in [-0.15, -0.1) is 11.3 Å². The van der Waals surface area contributed by atoms with E-state index in [9.17, 15) is 0 Å². The lowest BCUT2D eigenvalue weighted by atomic mass is 9.91. The molecule has 19 heavy (non-hydrogen) atoms. The molecular formula is C17H19NS. The molecule has 0 aliphatic carbocycles. The van der Waals surface area contributed by atoms with E-state index < -0.39 is 0 Å². The molecule has 1 N–H and O–H groups in total. The zero-order valence-electron chi connectivity index (χ0n) is 11.4. The quantitative estimate of drug-likeness (QED) is 0.659. The second-order valence-corrected chi connectivity index (χ2v) is 6.08. The summed E-state index contributed by atoms with van der Waals surface area (Å²) in [5.41, 5.74) is 1.24. The van der Waals surface area contributed by atoms with Gasteiger partial charge in [0.1, 0.15) is 0 Å². The Morgan fingerprint density at radius 3 is 2.58 bits per heavy atom. The van der Waals surface area contributed by atoms with Crippen LogP contribution in [0.2, 0.25) is 0 Å². The van der Waals surface area contributed by atoms with Crippen molar-refractivity contribution in [3.05, 3.63) is 58.3 Å². The minimum absolute atomic E-state index is 0.169. The first-order chi connectivity index (χ1) is 9.18. The van der Waals surface area contributed by atoms with Gasteiger partial charge in [-0.25, -0.2) is 0 Å². The van der Waals surface area contributed by atoms with E-state index in [2.05, 4.69) is 48.5 Å². The van der Waals surface area contributed by atoms with Crippen LogP contribution in [0.4, 0.5) is 0 Å². The number of thiophene rings is 1. The summed E-state index contributed by atoms with van der Waals surface area (Å²) in [6, 6.07) is 14.4. The van der Waals surface area contributed by atoms with E-state index in [1.807, 2.05) is 41.7 Å². The van der Waals surface area contributed by atoms with Crippen LogP contribution in [0.1, 0.15) is 24.3 Å². The molecule has 0 aliphatic heterocycles. The molecule has 0 amide bonds. The van der Waals surface area contributed by atoms with Gasteiger partial charge in [0.25, 0.3) is 0 Å². The van der Waals surface area contributed by atoms with Crippen molar-refractivity contribution < 1.29 is 0 Å². The van der Waals surface area contributed by atoms with Crippen LogP contribution in [-0.4, -0.2) is 13.1 Å². The van der Waals surface area contributed by atoms with E-state index in [0.717, 1.165) is 18.7 Å². The van der Waals surface area contributed by atoms with Crippen molar-refractivity contribution in [2.45, 2.75) is 19.3 Å². The molecule has 2 aromatic rings. The maximum Gasteiger partial charge on any atom is 0.0580 e.